The summed E-state index contributed by atoms with van der Waals surface area (Å²) in [5.74, 6) is 1.12. The molecule has 6 nitrogen and oxygen atoms in total. The number of methoxy groups -OCH3 is 1. The molecule has 2 aromatic rings. The largest absolute Gasteiger partial charge is 0.444 e. The zero-order valence-corrected chi connectivity index (χ0v) is 16.9. The average Bonchev–Trinajstić information content (AvgIpc) is 3.09. The van der Waals surface area contributed by atoms with Gasteiger partial charge in [0.1, 0.15) is 11.9 Å². The van der Waals surface area contributed by atoms with Gasteiger partial charge in [0.25, 0.3) is 0 Å². The highest BCUT2D eigenvalue weighted by molar-refractivity contribution is 9.10. The van der Waals surface area contributed by atoms with E-state index in [-0.39, 0.29) is 0 Å². The molecule has 0 unspecified atom stereocenters. The van der Waals surface area contributed by atoms with Crippen molar-refractivity contribution >= 4 is 32.7 Å². The van der Waals surface area contributed by atoms with E-state index in [0.29, 0.717) is 23.4 Å². The van der Waals surface area contributed by atoms with Crippen molar-refractivity contribution in [3.05, 3.63) is 22.5 Å². The quantitative estimate of drug-likeness (QED) is 0.677. The van der Waals surface area contributed by atoms with Gasteiger partial charge in [-0.1, -0.05) is 0 Å². The molecule has 2 aromatic heterocycles. The number of nitrogens with zero attached hydrogens (tertiary/aromatic N) is 3. The molecule has 0 spiro atoms. The molecule has 0 radical (unpaired) electrons. The molecular weight excluding hydrogens is 396 g/mol. The van der Waals surface area contributed by atoms with Gasteiger partial charge < -0.3 is 19.4 Å². The van der Waals surface area contributed by atoms with Crippen molar-refractivity contribution in [2.75, 3.05) is 32.6 Å². The van der Waals surface area contributed by atoms with Crippen LogP contribution in [0.4, 0.5) is 5.82 Å². The number of halogens is 1. The number of nitriles is 1. The third kappa shape index (κ3) is 4.37. The van der Waals surface area contributed by atoms with Crippen LogP contribution in [0.25, 0.3) is 11.0 Å². The molecule has 2 heterocycles. The molecule has 0 aromatic carbocycles. The van der Waals surface area contributed by atoms with Crippen LogP contribution in [0.15, 0.2) is 21.2 Å². The molecule has 140 valence electrons. The first kappa shape index (κ1) is 19.2. The summed E-state index contributed by atoms with van der Waals surface area (Å²) < 4.78 is 11.4. The molecule has 0 aliphatic heterocycles. The fourth-order valence-electron chi connectivity index (χ4n) is 3.63. The zero-order valence-electron chi connectivity index (χ0n) is 15.3. The highest BCUT2D eigenvalue weighted by atomic mass is 79.9. The minimum atomic E-state index is 0.302. The molecular formula is C19H25BrN4O2. The van der Waals surface area contributed by atoms with Crippen LogP contribution in [0.5, 0.6) is 0 Å². The Labute approximate surface area is 162 Å². The highest BCUT2D eigenvalue weighted by Gasteiger charge is 2.24. The summed E-state index contributed by atoms with van der Waals surface area (Å²) in [6.07, 6.45) is 7.38. The minimum Gasteiger partial charge on any atom is -0.444 e. The Balaban J connectivity index is 1.57. The number of anilines is 1. The van der Waals surface area contributed by atoms with E-state index in [2.05, 4.69) is 38.2 Å². The molecule has 0 bridgehead atoms. The number of nitrogens with one attached hydrogen (secondary N) is 1. The summed E-state index contributed by atoms with van der Waals surface area (Å²) in [7, 11) is 3.97. The van der Waals surface area contributed by atoms with Crippen molar-refractivity contribution in [1.29, 1.82) is 5.26 Å². The van der Waals surface area contributed by atoms with Crippen molar-refractivity contribution in [1.82, 2.24) is 9.88 Å². The van der Waals surface area contributed by atoms with Gasteiger partial charge in [0.15, 0.2) is 5.58 Å². The number of rotatable bonds is 7. The van der Waals surface area contributed by atoms with Gasteiger partial charge >= 0.3 is 0 Å². The second kappa shape index (κ2) is 8.85. The van der Waals surface area contributed by atoms with Gasteiger partial charge in [0.2, 0.25) is 5.76 Å². The first-order valence-electron chi connectivity index (χ1n) is 9.06. The standard InChI is InChI=1S/C19H25BrN4O2/c1-24(8-3-9-25-2)14-6-4-13(5-7-14)23-19-18(20)16-10-15(11-21)26-17(16)12-22-19/h10,12-14H,3-9H2,1-2H3,(H,22,23). The SMILES string of the molecule is COCCCN(C)C1CCC(Nc2ncc3oc(C#N)cc3c2Br)CC1. The topological polar surface area (TPSA) is 74.3 Å². The maximum atomic E-state index is 8.99. The number of fused-ring (bicyclic) bond motifs is 1. The van der Waals surface area contributed by atoms with Crippen LogP contribution in [0, 0.1) is 11.3 Å². The van der Waals surface area contributed by atoms with Crippen LogP contribution in [-0.2, 0) is 4.74 Å². The Morgan fingerprint density at radius 1 is 1.42 bits per heavy atom. The second-order valence-electron chi connectivity index (χ2n) is 6.90. The normalized spacial score (nSPS) is 20.4. The summed E-state index contributed by atoms with van der Waals surface area (Å²) in [5.41, 5.74) is 0.625. The first-order valence-corrected chi connectivity index (χ1v) is 9.85. The van der Waals surface area contributed by atoms with E-state index >= 15 is 0 Å². The summed E-state index contributed by atoms with van der Waals surface area (Å²) in [6, 6.07) is 4.85. The van der Waals surface area contributed by atoms with E-state index < -0.39 is 0 Å². The lowest BCUT2D eigenvalue weighted by Crippen LogP contribution is -2.39. The second-order valence-corrected chi connectivity index (χ2v) is 7.69. The van der Waals surface area contributed by atoms with E-state index in [0.717, 1.165) is 48.1 Å². The Kier molecular flexibility index (Phi) is 6.52. The number of ether oxygens (including phenoxy) is 1. The van der Waals surface area contributed by atoms with Gasteiger partial charge in [-0.15, -0.1) is 0 Å². The average molecular weight is 421 g/mol. The number of hydrogen-bond donors (Lipinski definition) is 1. The summed E-state index contributed by atoms with van der Waals surface area (Å²) in [5, 5.41) is 13.4. The predicted molar refractivity (Wildman–Crippen MR) is 105 cm³/mol. The fourth-order valence-corrected chi connectivity index (χ4v) is 4.16. The lowest BCUT2D eigenvalue weighted by molar-refractivity contribution is 0.147. The van der Waals surface area contributed by atoms with Crippen LogP contribution in [0.3, 0.4) is 0 Å². The Morgan fingerprint density at radius 3 is 2.88 bits per heavy atom. The Bertz CT molecular complexity index is 778. The van der Waals surface area contributed by atoms with Crippen molar-refractivity contribution < 1.29 is 9.15 Å². The Hall–Kier alpha value is -1.62. The van der Waals surface area contributed by atoms with Crippen LogP contribution in [0.1, 0.15) is 37.9 Å². The molecule has 1 aliphatic rings. The molecule has 0 amide bonds. The van der Waals surface area contributed by atoms with E-state index in [1.807, 2.05) is 6.07 Å². The maximum absolute atomic E-state index is 8.99. The molecule has 0 saturated heterocycles. The summed E-state index contributed by atoms with van der Waals surface area (Å²) in [4.78, 5) is 6.93. The van der Waals surface area contributed by atoms with E-state index in [1.54, 1.807) is 19.4 Å². The lowest BCUT2D eigenvalue weighted by Gasteiger charge is -2.35. The summed E-state index contributed by atoms with van der Waals surface area (Å²) in [6.45, 7) is 1.91. The van der Waals surface area contributed by atoms with Crippen LogP contribution in [-0.4, -0.2) is 49.3 Å². The Morgan fingerprint density at radius 2 is 2.19 bits per heavy atom. The fraction of sp³-hybridized carbons (Fsp3) is 0.579. The molecule has 3 rings (SSSR count). The minimum absolute atomic E-state index is 0.302. The van der Waals surface area contributed by atoms with E-state index in [4.69, 9.17) is 14.4 Å². The third-order valence-corrected chi connectivity index (χ3v) is 5.95. The van der Waals surface area contributed by atoms with Crippen LogP contribution >= 0.6 is 15.9 Å². The first-order chi connectivity index (χ1) is 12.6. The molecule has 1 aliphatic carbocycles. The number of pyridine rings is 1. The third-order valence-electron chi connectivity index (χ3n) is 5.15. The molecule has 1 fully saturated rings. The van der Waals surface area contributed by atoms with Gasteiger partial charge in [-0.2, -0.15) is 5.26 Å². The molecule has 1 saturated carbocycles. The monoisotopic (exact) mass is 420 g/mol. The van der Waals surface area contributed by atoms with Crippen LogP contribution < -0.4 is 5.32 Å². The predicted octanol–water partition coefficient (Wildman–Crippen LogP) is 4.15. The zero-order chi connectivity index (χ0) is 18.5. The number of hydrogen-bond acceptors (Lipinski definition) is 6. The molecule has 26 heavy (non-hydrogen) atoms. The van der Waals surface area contributed by atoms with Crippen molar-refractivity contribution in [3.8, 4) is 6.07 Å². The lowest BCUT2D eigenvalue weighted by atomic mass is 9.90. The summed E-state index contributed by atoms with van der Waals surface area (Å²) >= 11 is 3.61. The van der Waals surface area contributed by atoms with Gasteiger partial charge in [0, 0.05) is 43.8 Å². The maximum Gasteiger partial charge on any atom is 0.204 e. The van der Waals surface area contributed by atoms with Crippen molar-refractivity contribution in [2.24, 2.45) is 0 Å². The van der Waals surface area contributed by atoms with Crippen molar-refractivity contribution in [2.45, 2.75) is 44.2 Å². The van der Waals surface area contributed by atoms with Gasteiger partial charge in [0.05, 0.1) is 10.7 Å². The van der Waals surface area contributed by atoms with Crippen molar-refractivity contribution in [3.63, 3.8) is 0 Å². The molecule has 0 atom stereocenters. The number of furan rings is 1. The van der Waals surface area contributed by atoms with E-state index in [9.17, 15) is 0 Å². The van der Waals surface area contributed by atoms with Gasteiger partial charge in [-0.25, -0.2) is 4.98 Å². The smallest absolute Gasteiger partial charge is 0.204 e. The molecule has 7 heteroatoms. The number of aromatic nitrogens is 1. The highest BCUT2D eigenvalue weighted by Crippen LogP contribution is 2.33. The molecule has 1 N–H and O–H groups in total. The van der Waals surface area contributed by atoms with E-state index in [1.165, 1.54) is 12.8 Å². The van der Waals surface area contributed by atoms with Gasteiger partial charge in [-0.3, -0.25) is 0 Å². The van der Waals surface area contributed by atoms with Crippen LogP contribution in [0.2, 0.25) is 0 Å². The van der Waals surface area contributed by atoms with Gasteiger partial charge in [-0.05, 0) is 55.1 Å².